The Labute approximate surface area is 148 Å². The Kier molecular flexibility index (Phi) is 5.17. The van der Waals surface area contributed by atoms with Gasteiger partial charge in [-0.2, -0.15) is 0 Å². The number of carbonyl (C=O) groups is 2. The van der Waals surface area contributed by atoms with Gasteiger partial charge < -0.3 is 10.2 Å². The molecule has 2 atom stereocenters. The fraction of sp³-hybridized carbons (Fsp3) is 0.333. The van der Waals surface area contributed by atoms with Gasteiger partial charge in [0.1, 0.15) is 0 Å². The van der Waals surface area contributed by atoms with E-state index in [4.69, 9.17) is 0 Å². The smallest absolute Gasteiger partial charge is 0.255 e. The van der Waals surface area contributed by atoms with E-state index in [0.29, 0.717) is 28.7 Å². The Hall–Kier alpha value is -2.62. The van der Waals surface area contributed by atoms with Gasteiger partial charge in [-0.05, 0) is 54.7 Å². The first-order chi connectivity index (χ1) is 12.0. The maximum Gasteiger partial charge on any atom is 0.255 e. The van der Waals surface area contributed by atoms with Crippen LogP contribution in [0.4, 0.5) is 5.69 Å². The van der Waals surface area contributed by atoms with Crippen LogP contribution in [0.3, 0.4) is 0 Å². The molecule has 0 radical (unpaired) electrons. The minimum absolute atomic E-state index is 0.0688. The summed E-state index contributed by atoms with van der Waals surface area (Å²) in [6.45, 7) is 6.02. The molecule has 3 rings (SSSR count). The summed E-state index contributed by atoms with van der Waals surface area (Å²) in [4.78, 5) is 26.8. The van der Waals surface area contributed by atoms with Crippen molar-refractivity contribution in [3.05, 3.63) is 65.7 Å². The molecule has 130 valence electrons. The van der Waals surface area contributed by atoms with Crippen molar-refractivity contribution in [3.63, 3.8) is 0 Å². The number of nitrogens with zero attached hydrogens (tertiary/aromatic N) is 1. The Bertz CT molecular complexity index is 730. The van der Waals surface area contributed by atoms with Gasteiger partial charge in [0, 0.05) is 29.9 Å². The first-order valence-electron chi connectivity index (χ1n) is 8.78. The Morgan fingerprint density at radius 3 is 2.08 bits per heavy atom. The quantitative estimate of drug-likeness (QED) is 0.919. The minimum atomic E-state index is -0.154. The van der Waals surface area contributed by atoms with Crippen molar-refractivity contribution in [2.75, 3.05) is 18.4 Å². The molecule has 25 heavy (non-hydrogen) atoms. The van der Waals surface area contributed by atoms with Crippen LogP contribution < -0.4 is 5.32 Å². The zero-order valence-electron chi connectivity index (χ0n) is 14.7. The highest BCUT2D eigenvalue weighted by molar-refractivity contribution is 6.04. The highest BCUT2D eigenvalue weighted by Gasteiger charge is 2.26. The molecule has 4 heteroatoms. The van der Waals surface area contributed by atoms with Gasteiger partial charge in [-0.1, -0.05) is 32.0 Å². The number of piperidine rings is 1. The number of rotatable bonds is 3. The van der Waals surface area contributed by atoms with Crippen LogP contribution in [-0.4, -0.2) is 29.8 Å². The van der Waals surface area contributed by atoms with Gasteiger partial charge in [-0.25, -0.2) is 0 Å². The van der Waals surface area contributed by atoms with Crippen LogP contribution in [-0.2, 0) is 0 Å². The molecule has 1 aliphatic heterocycles. The summed E-state index contributed by atoms with van der Waals surface area (Å²) in [5.74, 6) is 0.993. The lowest BCUT2D eigenvalue weighted by molar-refractivity contribution is 0.0623. The molecule has 1 saturated heterocycles. The summed E-state index contributed by atoms with van der Waals surface area (Å²) in [5.41, 5.74) is 1.96. The Balaban J connectivity index is 1.66. The van der Waals surface area contributed by atoms with Gasteiger partial charge in [0.2, 0.25) is 0 Å². The SMILES string of the molecule is CC1CC(C)CN(C(=O)c2ccc(NC(=O)c3ccccc3)cc2)C1. The van der Waals surface area contributed by atoms with Crippen molar-refractivity contribution in [2.24, 2.45) is 11.8 Å². The number of amides is 2. The van der Waals surface area contributed by atoms with Crippen LogP contribution in [0, 0.1) is 11.8 Å². The summed E-state index contributed by atoms with van der Waals surface area (Å²) in [7, 11) is 0. The molecule has 1 fully saturated rings. The fourth-order valence-electron chi connectivity index (χ4n) is 3.50. The average molecular weight is 336 g/mol. The Morgan fingerprint density at radius 1 is 0.880 bits per heavy atom. The van der Waals surface area contributed by atoms with Crippen molar-refractivity contribution >= 4 is 17.5 Å². The Morgan fingerprint density at radius 2 is 1.48 bits per heavy atom. The first kappa shape index (κ1) is 17.2. The van der Waals surface area contributed by atoms with Gasteiger partial charge in [0.25, 0.3) is 11.8 Å². The number of hydrogen-bond donors (Lipinski definition) is 1. The molecule has 2 aromatic rings. The topological polar surface area (TPSA) is 49.4 Å². The van der Waals surface area contributed by atoms with E-state index in [1.807, 2.05) is 23.1 Å². The van der Waals surface area contributed by atoms with Crippen LogP contribution in [0.2, 0.25) is 0 Å². The van der Waals surface area contributed by atoms with Gasteiger partial charge in [-0.15, -0.1) is 0 Å². The molecule has 2 aromatic carbocycles. The summed E-state index contributed by atoms with van der Waals surface area (Å²) in [5, 5.41) is 2.85. The van der Waals surface area contributed by atoms with Crippen molar-refractivity contribution in [3.8, 4) is 0 Å². The zero-order valence-corrected chi connectivity index (χ0v) is 14.7. The minimum Gasteiger partial charge on any atom is -0.338 e. The number of nitrogens with one attached hydrogen (secondary N) is 1. The van der Waals surface area contributed by atoms with Crippen LogP contribution >= 0.6 is 0 Å². The molecule has 0 aromatic heterocycles. The van der Waals surface area contributed by atoms with Crippen LogP contribution in [0.25, 0.3) is 0 Å². The van der Waals surface area contributed by atoms with E-state index >= 15 is 0 Å². The largest absolute Gasteiger partial charge is 0.338 e. The molecule has 2 unspecified atom stereocenters. The normalized spacial score (nSPS) is 20.2. The maximum absolute atomic E-state index is 12.7. The van der Waals surface area contributed by atoms with Crippen molar-refractivity contribution < 1.29 is 9.59 Å². The lowest BCUT2D eigenvalue weighted by atomic mass is 9.91. The summed E-state index contributed by atoms with van der Waals surface area (Å²) < 4.78 is 0. The average Bonchev–Trinajstić information content (AvgIpc) is 2.61. The third-order valence-electron chi connectivity index (χ3n) is 4.58. The van der Waals surface area contributed by atoms with E-state index in [1.165, 1.54) is 6.42 Å². The molecule has 4 nitrogen and oxygen atoms in total. The number of anilines is 1. The second-order valence-electron chi connectivity index (χ2n) is 7.05. The van der Waals surface area contributed by atoms with E-state index in [1.54, 1.807) is 36.4 Å². The van der Waals surface area contributed by atoms with E-state index < -0.39 is 0 Å². The molecule has 0 saturated carbocycles. The number of carbonyl (C=O) groups excluding carboxylic acids is 2. The van der Waals surface area contributed by atoms with Gasteiger partial charge in [0.05, 0.1) is 0 Å². The molecule has 2 amide bonds. The highest BCUT2D eigenvalue weighted by Crippen LogP contribution is 2.23. The lowest BCUT2D eigenvalue weighted by Crippen LogP contribution is -2.42. The molecule has 0 bridgehead atoms. The molecule has 1 N–H and O–H groups in total. The van der Waals surface area contributed by atoms with Crippen molar-refractivity contribution in [2.45, 2.75) is 20.3 Å². The summed E-state index contributed by atoms with van der Waals surface area (Å²) in [6.07, 6.45) is 1.17. The summed E-state index contributed by atoms with van der Waals surface area (Å²) in [6, 6.07) is 16.2. The van der Waals surface area contributed by atoms with E-state index in [2.05, 4.69) is 19.2 Å². The van der Waals surface area contributed by atoms with Gasteiger partial charge in [0.15, 0.2) is 0 Å². The van der Waals surface area contributed by atoms with Crippen molar-refractivity contribution in [1.29, 1.82) is 0 Å². The molecular weight excluding hydrogens is 312 g/mol. The standard InChI is InChI=1S/C21H24N2O2/c1-15-12-16(2)14-23(13-15)21(25)18-8-10-19(11-9-18)22-20(24)17-6-4-3-5-7-17/h3-11,15-16H,12-14H2,1-2H3,(H,22,24). The number of hydrogen-bond acceptors (Lipinski definition) is 2. The van der Waals surface area contributed by atoms with Crippen LogP contribution in [0.1, 0.15) is 41.0 Å². The fourth-order valence-corrected chi connectivity index (χ4v) is 3.50. The predicted molar refractivity (Wildman–Crippen MR) is 99.7 cm³/mol. The predicted octanol–water partition coefficient (Wildman–Crippen LogP) is 4.06. The van der Waals surface area contributed by atoms with Gasteiger partial charge >= 0.3 is 0 Å². The number of likely N-dealkylation sites (tertiary alicyclic amines) is 1. The monoisotopic (exact) mass is 336 g/mol. The van der Waals surface area contributed by atoms with Crippen LogP contribution in [0.15, 0.2) is 54.6 Å². The van der Waals surface area contributed by atoms with Crippen molar-refractivity contribution in [1.82, 2.24) is 4.90 Å². The molecular formula is C21H24N2O2. The first-order valence-corrected chi connectivity index (χ1v) is 8.78. The third-order valence-corrected chi connectivity index (χ3v) is 4.58. The highest BCUT2D eigenvalue weighted by atomic mass is 16.2. The van der Waals surface area contributed by atoms with Crippen LogP contribution in [0.5, 0.6) is 0 Å². The molecule has 0 spiro atoms. The second kappa shape index (κ2) is 7.51. The van der Waals surface area contributed by atoms with E-state index in [9.17, 15) is 9.59 Å². The second-order valence-corrected chi connectivity index (χ2v) is 7.05. The lowest BCUT2D eigenvalue weighted by Gasteiger charge is -2.35. The maximum atomic E-state index is 12.7. The van der Waals surface area contributed by atoms with Gasteiger partial charge in [-0.3, -0.25) is 9.59 Å². The molecule has 1 heterocycles. The number of benzene rings is 2. The molecule has 0 aliphatic carbocycles. The van der Waals surface area contributed by atoms with E-state index in [-0.39, 0.29) is 11.8 Å². The third kappa shape index (κ3) is 4.27. The zero-order chi connectivity index (χ0) is 17.8. The van der Waals surface area contributed by atoms with E-state index in [0.717, 1.165) is 13.1 Å². The molecule has 1 aliphatic rings. The summed E-state index contributed by atoms with van der Waals surface area (Å²) >= 11 is 0.